The summed E-state index contributed by atoms with van der Waals surface area (Å²) in [7, 11) is 0. The first-order chi connectivity index (χ1) is 7.11. The third-order valence-corrected chi connectivity index (χ3v) is 3.10. The molecule has 3 nitrogen and oxygen atoms in total. The smallest absolute Gasteiger partial charge is 0.339 e. The van der Waals surface area contributed by atoms with E-state index in [9.17, 15) is 4.79 Å². The van der Waals surface area contributed by atoms with E-state index in [2.05, 4.69) is 12.6 Å². The SMILES string of the molecule is CCOC(=O)c1ccc(I)c(C#N)c1S. The number of esters is 1. The largest absolute Gasteiger partial charge is 0.462 e. The number of carbonyl (C=O) groups excluding carboxylic acids is 1. The van der Waals surface area contributed by atoms with Gasteiger partial charge in [0.05, 0.1) is 17.7 Å². The molecule has 0 radical (unpaired) electrons. The van der Waals surface area contributed by atoms with Crippen molar-refractivity contribution < 1.29 is 9.53 Å². The average molecular weight is 333 g/mol. The molecule has 1 aromatic rings. The van der Waals surface area contributed by atoms with Crippen molar-refractivity contribution in [3.63, 3.8) is 0 Å². The molecule has 0 bridgehead atoms. The van der Waals surface area contributed by atoms with Gasteiger partial charge in [-0.25, -0.2) is 4.79 Å². The van der Waals surface area contributed by atoms with E-state index in [1.807, 2.05) is 28.7 Å². The quantitative estimate of drug-likeness (QED) is 0.514. The highest BCUT2D eigenvalue weighted by Crippen LogP contribution is 2.24. The Balaban J connectivity index is 3.23. The molecular formula is C10H8INO2S. The number of nitriles is 1. The normalized spacial score (nSPS) is 9.47. The number of ether oxygens (including phenoxy) is 1. The van der Waals surface area contributed by atoms with Crippen LogP contribution in [0.4, 0.5) is 0 Å². The summed E-state index contributed by atoms with van der Waals surface area (Å²) >= 11 is 6.19. The number of hydrogen-bond donors (Lipinski definition) is 1. The van der Waals surface area contributed by atoms with Crippen molar-refractivity contribution in [2.45, 2.75) is 11.8 Å². The molecule has 5 heteroatoms. The molecule has 0 saturated heterocycles. The summed E-state index contributed by atoms with van der Waals surface area (Å²) in [6, 6.07) is 5.32. The van der Waals surface area contributed by atoms with Crippen molar-refractivity contribution in [3.8, 4) is 6.07 Å². The van der Waals surface area contributed by atoms with E-state index in [1.165, 1.54) is 0 Å². The van der Waals surface area contributed by atoms with Crippen LogP contribution in [0, 0.1) is 14.9 Å². The molecular weight excluding hydrogens is 325 g/mol. The van der Waals surface area contributed by atoms with Crippen LogP contribution in [0.15, 0.2) is 17.0 Å². The monoisotopic (exact) mass is 333 g/mol. The molecule has 0 heterocycles. The van der Waals surface area contributed by atoms with Gasteiger partial charge in [-0.1, -0.05) is 0 Å². The van der Waals surface area contributed by atoms with Crippen LogP contribution in [-0.2, 0) is 4.74 Å². The summed E-state index contributed by atoms with van der Waals surface area (Å²) in [6.07, 6.45) is 0. The minimum absolute atomic E-state index is 0.305. The fraction of sp³-hybridized carbons (Fsp3) is 0.200. The number of carbonyl (C=O) groups is 1. The zero-order valence-corrected chi connectivity index (χ0v) is 11.0. The highest BCUT2D eigenvalue weighted by atomic mass is 127. The first-order valence-electron chi connectivity index (χ1n) is 4.20. The Morgan fingerprint density at radius 2 is 2.33 bits per heavy atom. The minimum Gasteiger partial charge on any atom is -0.462 e. The van der Waals surface area contributed by atoms with Gasteiger partial charge in [-0.2, -0.15) is 5.26 Å². The van der Waals surface area contributed by atoms with Crippen LogP contribution < -0.4 is 0 Å². The first-order valence-corrected chi connectivity index (χ1v) is 5.73. The van der Waals surface area contributed by atoms with Crippen LogP contribution in [0.5, 0.6) is 0 Å². The molecule has 15 heavy (non-hydrogen) atoms. The molecule has 0 aliphatic carbocycles. The van der Waals surface area contributed by atoms with Gasteiger partial charge in [0, 0.05) is 8.47 Å². The van der Waals surface area contributed by atoms with E-state index in [4.69, 9.17) is 10.00 Å². The van der Waals surface area contributed by atoms with Gasteiger partial charge < -0.3 is 4.74 Å². The third-order valence-electron chi connectivity index (χ3n) is 1.73. The van der Waals surface area contributed by atoms with Gasteiger partial charge in [-0.3, -0.25) is 0 Å². The summed E-state index contributed by atoms with van der Waals surface area (Å²) in [4.78, 5) is 11.8. The Hall–Kier alpha value is -0.740. The fourth-order valence-electron chi connectivity index (χ4n) is 1.05. The van der Waals surface area contributed by atoms with Gasteiger partial charge in [-0.15, -0.1) is 12.6 Å². The van der Waals surface area contributed by atoms with Gasteiger partial charge in [0.2, 0.25) is 0 Å². The van der Waals surface area contributed by atoms with E-state index >= 15 is 0 Å². The lowest BCUT2D eigenvalue weighted by atomic mass is 10.1. The van der Waals surface area contributed by atoms with Crippen LogP contribution in [-0.4, -0.2) is 12.6 Å². The van der Waals surface area contributed by atoms with Crippen LogP contribution in [0.1, 0.15) is 22.8 Å². The second kappa shape index (κ2) is 5.37. The molecule has 78 valence electrons. The molecule has 0 fully saturated rings. The zero-order valence-electron chi connectivity index (χ0n) is 7.95. The molecule has 0 aliphatic rings. The van der Waals surface area contributed by atoms with E-state index in [0.717, 1.165) is 3.57 Å². The van der Waals surface area contributed by atoms with Crippen LogP contribution >= 0.6 is 35.2 Å². The Morgan fingerprint density at radius 1 is 1.67 bits per heavy atom. The number of halogens is 1. The molecule has 0 amide bonds. The van der Waals surface area contributed by atoms with E-state index in [0.29, 0.717) is 22.6 Å². The van der Waals surface area contributed by atoms with Gasteiger partial charge >= 0.3 is 5.97 Å². The number of thiol groups is 1. The minimum atomic E-state index is -0.449. The summed E-state index contributed by atoms with van der Waals surface area (Å²) < 4.78 is 5.62. The average Bonchev–Trinajstić information content (AvgIpc) is 2.18. The Morgan fingerprint density at radius 3 is 2.87 bits per heavy atom. The first kappa shape index (κ1) is 12.3. The molecule has 0 unspecified atom stereocenters. The molecule has 0 saturated carbocycles. The lowest BCUT2D eigenvalue weighted by Crippen LogP contribution is -2.07. The molecule has 0 aliphatic heterocycles. The third kappa shape index (κ3) is 2.63. The van der Waals surface area contributed by atoms with E-state index < -0.39 is 5.97 Å². The molecule has 1 aromatic carbocycles. The second-order valence-electron chi connectivity index (χ2n) is 2.65. The van der Waals surface area contributed by atoms with Crippen LogP contribution in [0.2, 0.25) is 0 Å². The Labute approximate surface area is 107 Å². The molecule has 0 spiro atoms. The van der Waals surface area contributed by atoms with E-state index in [-0.39, 0.29) is 0 Å². The lowest BCUT2D eigenvalue weighted by molar-refractivity contribution is 0.0522. The van der Waals surface area contributed by atoms with E-state index in [1.54, 1.807) is 19.1 Å². The lowest BCUT2D eigenvalue weighted by Gasteiger charge is -2.06. The number of benzene rings is 1. The second-order valence-corrected chi connectivity index (χ2v) is 4.26. The maximum atomic E-state index is 11.5. The predicted molar refractivity (Wildman–Crippen MR) is 67.1 cm³/mol. The maximum absolute atomic E-state index is 11.5. The Bertz CT molecular complexity index is 440. The van der Waals surface area contributed by atoms with Crippen molar-refractivity contribution in [2.75, 3.05) is 6.61 Å². The van der Waals surface area contributed by atoms with Crippen molar-refractivity contribution in [1.82, 2.24) is 0 Å². The summed E-state index contributed by atoms with van der Waals surface area (Å²) in [5.74, 6) is -0.449. The molecule has 1 rings (SSSR count). The van der Waals surface area contributed by atoms with Gasteiger partial charge in [0.25, 0.3) is 0 Å². The highest BCUT2D eigenvalue weighted by Gasteiger charge is 2.15. The molecule has 0 N–H and O–H groups in total. The van der Waals surface area contributed by atoms with Crippen molar-refractivity contribution >= 4 is 41.2 Å². The Kier molecular flexibility index (Phi) is 4.42. The van der Waals surface area contributed by atoms with Gasteiger partial charge in [0.1, 0.15) is 6.07 Å². The van der Waals surface area contributed by atoms with Crippen LogP contribution in [0.3, 0.4) is 0 Å². The highest BCUT2D eigenvalue weighted by molar-refractivity contribution is 14.1. The number of hydrogen-bond acceptors (Lipinski definition) is 4. The van der Waals surface area contributed by atoms with Crippen molar-refractivity contribution in [2.24, 2.45) is 0 Å². The van der Waals surface area contributed by atoms with Crippen LogP contribution in [0.25, 0.3) is 0 Å². The van der Waals surface area contributed by atoms with Gasteiger partial charge in [0.15, 0.2) is 0 Å². The fourth-order valence-corrected chi connectivity index (χ4v) is 2.17. The number of nitrogens with zero attached hydrogens (tertiary/aromatic N) is 1. The summed E-state index contributed by atoms with van der Waals surface area (Å²) in [6.45, 7) is 2.04. The van der Waals surface area contributed by atoms with Crippen molar-refractivity contribution in [1.29, 1.82) is 5.26 Å². The number of rotatable bonds is 2. The maximum Gasteiger partial charge on any atom is 0.339 e. The topological polar surface area (TPSA) is 50.1 Å². The van der Waals surface area contributed by atoms with Crippen molar-refractivity contribution in [3.05, 3.63) is 26.8 Å². The summed E-state index contributed by atoms with van der Waals surface area (Å²) in [5.41, 5.74) is 0.738. The molecule has 0 aromatic heterocycles. The molecule has 0 atom stereocenters. The predicted octanol–water partition coefficient (Wildman–Crippen LogP) is 2.63. The van der Waals surface area contributed by atoms with Gasteiger partial charge in [-0.05, 0) is 41.6 Å². The summed E-state index contributed by atoms with van der Waals surface area (Å²) in [5, 5.41) is 8.88. The standard InChI is InChI=1S/C10H8INO2S/c1-2-14-10(13)6-3-4-8(11)7(5-12)9(6)15/h3-4,15H,2H2,1H3. The zero-order chi connectivity index (χ0) is 11.4.